The van der Waals surface area contributed by atoms with Gasteiger partial charge in [0, 0.05) is 32.2 Å². The van der Waals surface area contributed by atoms with E-state index in [1.165, 1.54) is 0 Å². The summed E-state index contributed by atoms with van der Waals surface area (Å²) in [5, 5.41) is 12.1. The van der Waals surface area contributed by atoms with E-state index in [-0.39, 0.29) is 18.0 Å². The third kappa shape index (κ3) is 3.68. The van der Waals surface area contributed by atoms with E-state index in [2.05, 4.69) is 21.2 Å². The third-order valence-electron chi connectivity index (χ3n) is 4.18. The van der Waals surface area contributed by atoms with Crippen molar-refractivity contribution in [2.75, 3.05) is 26.2 Å². The lowest BCUT2D eigenvalue weighted by molar-refractivity contribution is -0.126. The van der Waals surface area contributed by atoms with Gasteiger partial charge >= 0.3 is 0 Å². The van der Waals surface area contributed by atoms with Gasteiger partial charge < -0.3 is 5.32 Å². The topological polar surface area (TPSA) is 59.4 Å². The van der Waals surface area contributed by atoms with E-state index in [0.29, 0.717) is 6.04 Å². The molecule has 1 amide bonds. The maximum Gasteiger partial charge on any atom is 0.237 e. The molecular weight excluding hydrogens is 240 g/mol. The van der Waals surface area contributed by atoms with Crippen LogP contribution in [-0.2, 0) is 4.79 Å². The van der Waals surface area contributed by atoms with Crippen LogP contribution >= 0.6 is 0 Å². The maximum atomic E-state index is 12.0. The predicted octanol–water partition coefficient (Wildman–Crippen LogP) is 0.573. The number of nitrogens with zero attached hydrogens (tertiary/aromatic N) is 3. The van der Waals surface area contributed by atoms with Crippen LogP contribution in [0.4, 0.5) is 0 Å². The first-order chi connectivity index (χ1) is 9.15. The molecule has 0 aromatic carbocycles. The molecule has 0 bridgehead atoms. The van der Waals surface area contributed by atoms with E-state index >= 15 is 0 Å². The number of rotatable bonds is 5. The predicted molar refractivity (Wildman–Crippen MR) is 73.5 cm³/mol. The van der Waals surface area contributed by atoms with Gasteiger partial charge in [-0.15, -0.1) is 0 Å². The van der Waals surface area contributed by atoms with Crippen LogP contribution in [0.2, 0.25) is 0 Å². The number of hydrogen-bond donors (Lipinski definition) is 1. The highest BCUT2D eigenvalue weighted by atomic mass is 16.2. The van der Waals surface area contributed by atoms with Crippen molar-refractivity contribution in [2.45, 2.75) is 51.2 Å². The molecule has 1 aliphatic carbocycles. The van der Waals surface area contributed by atoms with Crippen molar-refractivity contribution < 1.29 is 4.79 Å². The molecule has 5 heteroatoms. The molecule has 19 heavy (non-hydrogen) atoms. The zero-order valence-electron chi connectivity index (χ0n) is 11.9. The van der Waals surface area contributed by atoms with E-state index in [1.54, 1.807) is 0 Å². The molecule has 1 heterocycles. The molecule has 2 rings (SSSR count). The van der Waals surface area contributed by atoms with E-state index in [9.17, 15) is 4.79 Å². The average molecular weight is 264 g/mol. The summed E-state index contributed by atoms with van der Waals surface area (Å²) in [6, 6.07) is 2.76. The molecule has 2 unspecified atom stereocenters. The summed E-state index contributed by atoms with van der Waals surface area (Å²) in [5.41, 5.74) is 0. The largest absolute Gasteiger partial charge is 0.352 e. The second-order valence-corrected chi connectivity index (χ2v) is 5.58. The van der Waals surface area contributed by atoms with Crippen LogP contribution in [0.3, 0.4) is 0 Å². The number of carbonyl (C=O) groups is 1. The van der Waals surface area contributed by atoms with Crippen molar-refractivity contribution in [3.05, 3.63) is 0 Å². The molecule has 1 saturated heterocycles. The summed E-state index contributed by atoms with van der Waals surface area (Å²) in [6.07, 6.45) is 3.13. The molecule has 0 aromatic heterocycles. The second-order valence-electron chi connectivity index (χ2n) is 5.58. The highest BCUT2D eigenvalue weighted by Gasteiger charge is 2.31. The lowest BCUT2D eigenvalue weighted by Crippen LogP contribution is -2.55. The summed E-state index contributed by atoms with van der Waals surface area (Å²) in [6.45, 7) is 7.54. The normalized spacial score (nSPS) is 24.5. The minimum Gasteiger partial charge on any atom is -0.352 e. The molecule has 2 fully saturated rings. The third-order valence-corrected chi connectivity index (χ3v) is 4.18. The fourth-order valence-electron chi connectivity index (χ4n) is 2.58. The van der Waals surface area contributed by atoms with E-state index in [0.717, 1.165) is 45.4 Å². The smallest absolute Gasteiger partial charge is 0.237 e. The molecule has 0 aromatic rings. The molecule has 1 aliphatic heterocycles. The van der Waals surface area contributed by atoms with Crippen LogP contribution in [-0.4, -0.2) is 60.0 Å². The van der Waals surface area contributed by atoms with Gasteiger partial charge in [0.2, 0.25) is 5.91 Å². The number of piperazine rings is 1. The molecule has 0 spiro atoms. The molecule has 2 atom stereocenters. The molecule has 5 nitrogen and oxygen atoms in total. The van der Waals surface area contributed by atoms with Crippen molar-refractivity contribution in [2.24, 2.45) is 0 Å². The molecule has 2 aliphatic rings. The Kier molecular flexibility index (Phi) is 4.78. The maximum absolute atomic E-state index is 12.0. The van der Waals surface area contributed by atoms with Gasteiger partial charge in [-0.3, -0.25) is 14.6 Å². The van der Waals surface area contributed by atoms with Crippen molar-refractivity contribution in [1.82, 2.24) is 15.1 Å². The number of nitriles is 1. The molecule has 106 valence electrons. The minimum atomic E-state index is -0.0510. The van der Waals surface area contributed by atoms with Crippen LogP contribution in [0, 0.1) is 11.3 Å². The van der Waals surface area contributed by atoms with Crippen LogP contribution in [0.15, 0.2) is 0 Å². The van der Waals surface area contributed by atoms with Gasteiger partial charge in [-0.25, -0.2) is 0 Å². The summed E-state index contributed by atoms with van der Waals surface area (Å²) in [7, 11) is 0. The van der Waals surface area contributed by atoms with E-state index < -0.39 is 0 Å². The van der Waals surface area contributed by atoms with Crippen LogP contribution in [0.1, 0.15) is 33.1 Å². The minimum absolute atomic E-state index is 0.0257. The van der Waals surface area contributed by atoms with Gasteiger partial charge in [0.25, 0.3) is 0 Å². The number of amides is 1. The fraction of sp³-hybridized carbons (Fsp3) is 0.857. The first kappa shape index (κ1) is 14.3. The SMILES string of the molecule is CCC(C#N)N1CCN(C(C)C(=O)NC2CC2)CC1. The Morgan fingerprint density at radius 3 is 2.37 bits per heavy atom. The first-order valence-electron chi connectivity index (χ1n) is 7.33. The summed E-state index contributed by atoms with van der Waals surface area (Å²) >= 11 is 0. The number of hydrogen-bond acceptors (Lipinski definition) is 4. The Bertz CT molecular complexity index is 353. The Labute approximate surface area is 115 Å². The Balaban J connectivity index is 1.78. The highest BCUT2D eigenvalue weighted by Crippen LogP contribution is 2.19. The van der Waals surface area contributed by atoms with Crippen molar-refractivity contribution in [3.8, 4) is 6.07 Å². The monoisotopic (exact) mass is 264 g/mol. The molecular formula is C14H24N4O. The zero-order valence-corrected chi connectivity index (χ0v) is 11.9. The quantitative estimate of drug-likeness (QED) is 0.789. The zero-order chi connectivity index (χ0) is 13.8. The first-order valence-corrected chi connectivity index (χ1v) is 7.33. The molecule has 1 N–H and O–H groups in total. The number of nitrogens with one attached hydrogen (secondary N) is 1. The second kappa shape index (κ2) is 6.36. The standard InChI is InChI=1S/C14H24N4O/c1-3-13(10-15)18-8-6-17(7-9-18)11(2)14(19)16-12-4-5-12/h11-13H,3-9H2,1-2H3,(H,16,19). The van der Waals surface area contributed by atoms with Crippen LogP contribution in [0.5, 0.6) is 0 Å². The van der Waals surface area contributed by atoms with Crippen LogP contribution in [0.25, 0.3) is 0 Å². The van der Waals surface area contributed by atoms with Crippen molar-refractivity contribution in [3.63, 3.8) is 0 Å². The van der Waals surface area contributed by atoms with Crippen molar-refractivity contribution in [1.29, 1.82) is 5.26 Å². The lowest BCUT2D eigenvalue weighted by Gasteiger charge is -2.38. The van der Waals surface area contributed by atoms with Crippen molar-refractivity contribution >= 4 is 5.91 Å². The molecule has 1 saturated carbocycles. The van der Waals surface area contributed by atoms with Gasteiger partial charge in [0.05, 0.1) is 18.2 Å². The van der Waals surface area contributed by atoms with Gasteiger partial charge in [0.1, 0.15) is 0 Å². The van der Waals surface area contributed by atoms with Gasteiger partial charge in [-0.05, 0) is 26.2 Å². The summed E-state index contributed by atoms with van der Waals surface area (Å²) in [4.78, 5) is 16.4. The van der Waals surface area contributed by atoms with E-state index in [4.69, 9.17) is 5.26 Å². The van der Waals surface area contributed by atoms with Gasteiger partial charge in [0.15, 0.2) is 0 Å². The van der Waals surface area contributed by atoms with Gasteiger partial charge in [-0.2, -0.15) is 5.26 Å². The Morgan fingerprint density at radius 1 is 1.32 bits per heavy atom. The fourth-order valence-corrected chi connectivity index (χ4v) is 2.58. The Hall–Kier alpha value is -1.12. The van der Waals surface area contributed by atoms with Crippen LogP contribution < -0.4 is 5.32 Å². The lowest BCUT2D eigenvalue weighted by atomic mass is 10.1. The van der Waals surface area contributed by atoms with E-state index in [1.807, 2.05) is 13.8 Å². The average Bonchev–Trinajstić information content (AvgIpc) is 3.24. The highest BCUT2D eigenvalue weighted by molar-refractivity contribution is 5.81. The number of carbonyl (C=O) groups excluding carboxylic acids is 1. The Morgan fingerprint density at radius 2 is 1.89 bits per heavy atom. The summed E-state index contributed by atoms with van der Waals surface area (Å²) < 4.78 is 0. The summed E-state index contributed by atoms with van der Waals surface area (Å²) in [5.74, 6) is 0.156. The van der Waals surface area contributed by atoms with Gasteiger partial charge in [-0.1, -0.05) is 6.92 Å². The molecule has 0 radical (unpaired) electrons.